The third-order valence-electron chi connectivity index (χ3n) is 5.94. The van der Waals surface area contributed by atoms with Gasteiger partial charge < -0.3 is 15.4 Å². The lowest BCUT2D eigenvalue weighted by Gasteiger charge is -2.39. The van der Waals surface area contributed by atoms with E-state index in [4.69, 9.17) is 4.74 Å². The molecule has 4 atom stereocenters. The second kappa shape index (κ2) is 7.75. The zero-order valence-corrected chi connectivity index (χ0v) is 14.8. The quantitative estimate of drug-likeness (QED) is 0.864. The van der Waals surface area contributed by atoms with Crippen LogP contribution in [0.2, 0.25) is 0 Å². The molecule has 2 N–H and O–H groups in total. The fourth-order valence-corrected chi connectivity index (χ4v) is 4.69. The van der Waals surface area contributed by atoms with Crippen molar-refractivity contribution in [2.45, 2.75) is 69.3 Å². The monoisotopic (exact) mass is 343 g/mol. The number of benzene rings is 1. The van der Waals surface area contributed by atoms with Gasteiger partial charge in [0.1, 0.15) is 0 Å². The lowest BCUT2D eigenvalue weighted by molar-refractivity contribution is 0.105. The maximum Gasteiger partial charge on any atom is 0.315 e. The van der Waals surface area contributed by atoms with E-state index in [9.17, 15) is 4.79 Å². The van der Waals surface area contributed by atoms with Crippen molar-refractivity contribution in [3.05, 3.63) is 35.9 Å². The van der Waals surface area contributed by atoms with E-state index in [2.05, 4.69) is 45.9 Å². The SMILES string of the molecule is O=C(NC[C@@H]1CCCO1)NC1C[C@H]2CC[C@@H](C1)N2Cc1ccccc1. The Bertz CT molecular complexity index is 560. The number of nitrogens with one attached hydrogen (secondary N) is 2. The van der Waals surface area contributed by atoms with Gasteiger partial charge in [-0.1, -0.05) is 30.3 Å². The van der Waals surface area contributed by atoms with Crippen LogP contribution in [-0.2, 0) is 11.3 Å². The standard InChI is InChI=1S/C20H29N3O2/c24-20(21-13-19-7-4-10-25-19)22-16-11-17-8-9-18(12-16)23(17)14-15-5-2-1-3-6-15/h1-3,5-6,16-19H,4,7-14H2,(H2,21,22,24)/t16?,17-,18+,19-/m0/s1. The lowest BCUT2D eigenvalue weighted by atomic mass is 9.96. The summed E-state index contributed by atoms with van der Waals surface area (Å²) in [5.74, 6) is 0. The molecule has 1 unspecified atom stereocenters. The summed E-state index contributed by atoms with van der Waals surface area (Å²) in [5, 5.41) is 6.18. The normalized spacial score (nSPS) is 31.8. The Hall–Kier alpha value is -1.59. The molecule has 0 saturated carbocycles. The molecule has 3 aliphatic heterocycles. The summed E-state index contributed by atoms with van der Waals surface area (Å²) in [6, 6.07) is 12.2. The van der Waals surface area contributed by atoms with E-state index in [-0.39, 0.29) is 12.1 Å². The first kappa shape index (κ1) is 16.9. The molecule has 3 saturated heterocycles. The molecule has 4 rings (SSSR count). The Morgan fingerprint density at radius 2 is 1.88 bits per heavy atom. The van der Waals surface area contributed by atoms with E-state index in [1.165, 1.54) is 18.4 Å². The van der Waals surface area contributed by atoms with Crippen LogP contribution in [0.25, 0.3) is 0 Å². The molecule has 5 heteroatoms. The molecule has 2 amide bonds. The minimum absolute atomic E-state index is 0.0311. The Labute approximate surface area is 150 Å². The number of urea groups is 1. The van der Waals surface area contributed by atoms with Crippen LogP contribution in [-0.4, -0.2) is 48.3 Å². The number of rotatable bonds is 5. The van der Waals surface area contributed by atoms with Crippen LogP contribution in [0.1, 0.15) is 44.1 Å². The third kappa shape index (κ3) is 4.15. The van der Waals surface area contributed by atoms with Crippen molar-refractivity contribution in [3.8, 4) is 0 Å². The molecule has 3 fully saturated rings. The molecule has 3 aliphatic rings. The predicted octanol–water partition coefficient (Wildman–Crippen LogP) is 2.66. The van der Waals surface area contributed by atoms with E-state index < -0.39 is 0 Å². The predicted molar refractivity (Wildman–Crippen MR) is 97.3 cm³/mol. The van der Waals surface area contributed by atoms with Gasteiger partial charge in [0.2, 0.25) is 0 Å². The zero-order valence-electron chi connectivity index (χ0n) is 14.8. The molecule has 0 aromatic heterocycles. The summed E-state index contributed by atoms with van der Waals surface area (Å²) in [5.41, 5.74) is 1.39. The number of hydrogen-bond donors (Lipinski definition) is 2. The van der Waals surface area contributed by atoms with Crippen LogP contribution < -0.4 is 10.6 Å². The zero-order chi connectivity index (χ0) is 17.1. The van der Waals surface area contributed by atoms with Crippen LogP contribution in [0.5, 0.6) is 0 Å². The molecular weight excluding hydrogens is 314 g/mol. The molecule has 25 heavy (non-hydrogen) atoms. The number of fused-ring (bicyclic) bond motifs is 2. The smallest absolute Gasteiger partial charge is 0.315 e. The fourth-order valence-electron chi connectivity index (χ4n) is 4.69. The molecule has 5 nitrogen and oxygen atoms in total. The highest BCUT2D eigenvalue weighted by molar-refractivity contribution is 5.74. The van der Waals surface area contributed by atoms with Gasteiger partial charge in [-0.2, -0.15) is 0 Å². The molecule has 2 bridgehead atoms. The van der Waals surface area contributed by atoms with Crippen molar-refractivity contribution >= 4 is 6.03 Å². The van der Waals surface area contributed by atoms with Crippen molar-refractivity contribution in [1.82, 2.24) is 15.5 Å². The van der Waals surface area contributed by atoms with Gasteiger partial charge in [0.15, 0.2) is 0 Å². The van der Waals surface area contributed by atoms with Crippen molar-refractivity contribution in [2.75, 3.05) is 13.2 Å². The van der Waals surface area contributed by atoms with E-state index >= 15 is 0 Å². The van der Waals surface area contributed by atoms with Crippen LogP contribution in [0, 0.1) is 0 Å². The van der Waals surface area contributed by atoms with Gasteiger partial charge in [0, 0.05) is 37.8 Å². The van der Waals surface area contributed by atoms with Gasteiger partial charge in [-0.3, -0.25) is 4.90 Å². The lowest BCUT2D eigenvalue weighted by Crippen LogP contribution is -2.52. The van der Waals surface area contributed by atoms with Gasteiger partial charge in [0.25, 0.3) is 0 Å². The molecule has 0 aliphatic carbocycles. The van der Waals surface area contributed by atoms with Crippen LogP contribution in [0.3, 0.4) is 0 Å². The van der Waals surface area contributed by atoms with Gasteiger partial charge >= 0.3 is 6.03 Å². The Kier molecular flexibility index (Phi) is 5.22. The van der Waals surface area contributed by atoms with E-state index in [1.54, 1.807) is 0 Å². The molecular formula is C20H29N3O2. The van der Waals surface area contributed by atoms with E-state index in [0.29, 0.717) is 24.7 Å². The highest BCUT2D eigenvalue weighted by Gasteiger charge is 2.40. The topological polar surface area (TPSA) is 53.6 Å². The summed E-state index contributed by atoms with van der Waals surface area (Å²) in [6.07, 6.45) is 7.02. The first-order valence-corrected chi connectivity index (χ1v) is 9.73. The minimum atomic E-state index is -0.0311. The number of piperidine rings is 1. The molecule has 0 radical (unpaired) electrons. The average molecular weight is 343 g/mol. The van der Waals surface area contributed by atoms with Gasteiger partial charge in [-0.05, 0) is 44.1 Å². The van der Waals surface area contributed by atoms with Crippen molar-refractivity contribution in [3.63, 3.8) is 0 Å². The molecule has 3 heterocycles. The second-order valence-electron chi connectivity index (χ2n) is 7.70. The fraction of sp³-hybridized carbons (Fsp3) is 0.650. The second-order valence-corrected chi connectivity index (χ2v) is 7.70. The highest BCUT2D eigenvalue weighted by atomic mass is 16.5. The number of ether oxygens (including phenoxy) is 1. The summed E-state index contributed by atoms with van der Waals surface area (Å²) in [4.78, 5) is 14.8. The number of carbonyl (C=O) groups excluding carboxylic acids is 1. The third-order valence-corrected chi connectivity index (χ3v) is 5.94. The minimum Gasteiger partial charge on any atom is -0.376 e. The van der Waals surface area contributed by atoms with Crippen molar-refractivity contribution < 1.29 is 9.53 Å². The van der Waals surface area contributed by atoms with Crippen LogP contribution in [0.15, 0.2) is 30.3 Å². The Morgan fingerprint density at radius 3 is 2.56 bits per heavy atom. The first-order chi connectivity index (χ1) is 12.3. The average Bonchev–Trinajstić information content (AvgIpc) is 3.21. The van der Waals surface area contributed by atoms with Crippen LogP contribution >= 0.6 is 0 Å². The van der Waals surface area contributed by atoms with Gasteiger partial charge in [-0.25, -0.2) is 4.79 Å². The van der Waals surface area contributed by atoms with E-state index in [0.717, 1.165) is 38.8 Å². The maximum absolute atomic E-state index is 12.2. The number of carbonyl (C=O) groups is 1. The van der Waals surface area contributed by atoms with Gasteiger partial charge in [0.05, 0.1) is 6.10 Å². The summed E-state index contributed by atoms with van der Waals surface area (Å²) in [7, 11) is 0. The van der Waals surface area contributed by atoms with Crippen LogP contribution in [0.4, 0.5) is 4.79 Å². The maximum atomic E-state index is 12.2. The number of amides is 2. The van der Waals surface area contributed by atoms with Crippen molar-refractivity contribution in [1.29, 1.82) is 0 Å². The summed E-state index contributed by atoms with van der Waals surface area (Å²) < 4.78 is 5.56. The number of hydrogen-bond acceptors (Lipinski definition) is 3. The van der Waals surface area contributed by atoms with Gasteiger partial charge in [-0.15, -0.1) is 0 Å². The molecule has 0 spiro atoms. The summed E-state index contributed by atoms with van der Waals surface area (Å²) >= 11 is 0. The van der Waals surface area contributed by atoms with Crippen molar-refractivity contribution in [2.24, 2.45) is 0 Å². The molecule has 1 aromatic carbocycles. The summed E-state index contributed by atoms with van der Waals surface area (Å²) in [6.45, 7) is 2.50. The Morgan fingerprint density at radius 1 is 1.12 bits per heavy atom. The highest BCUT2D eigenvalue weighted by Crippen LogP contribution is 2.36. The van der Waals surface area contributed by atoms with E-state index in [1.807, 2.05) is 0 Å². The number of nitrogens with zero attached hydrogens (tertiary/aromatic N) is 1. The molecule has 136 valence electrons. The molecule has 1 aromatic rings. The Balaban J connectivity index is 1.25. The first-order valence-electron chi connectivity index (χ1n) is 9.73. The largest absolute Gasteiger partial charge is 0.376 e.